The molecule has 3 aromatic rings. The summed E-state index contributed by atoms with van der Waals surface area (Å²) < 4.78 is 41.6. The van der Waals surface area contributed by atoms with Gasteiger partial charge < -0.3 is 9.47 Å². The van der Waals surface area contributed by atoms with E-state index in [-0.39, 0.29) is 5.56 Å². The van der Waals surface area contributed by atoms with Crippen molar-refractivity contribution < 1.29 is 18.0 Å². The quantitative estimate of drug-likeness (QED) is 0.553. The van der Waals surface area contributed by atoms with E-state index < -0.39 is 28.7 Å². The van der Waals surface area contributed by atoms with E-state index in [1.165, 1.54) is 28.4 Å². The van der Waals surface area contributed by atoms with Gasteiger partial charge in [-0.15, -0.1) is 21.5 Å². The number of amides is 1. The van der Waals surface area contributed by atoms with Crippen LogP contribution >= 0.6 is 22.9 Å². The molecule has 2 aromatic heterocycles. The molecule has 0 spiro atoms. The molecule has 3 heterocycles. The molecule has 0 unspecified atom stereocenters. The molecule has 0 saturated carbocycles. The van der Waals surface area contributed by atoms with Crippen LogP contribution in [-0.4, -0.2) is 37.6 Å². The van der Waals surface area contributed by atoms with Crippen LogP contribution in [0.5, 0.6) is 0 Å². The molecule has 0 radical (unpaired) electrons. The standard InChI is InChI=1S/C19H17ClF3N5OS/c1-27(18(29)11-5-4-6-12(15(11)20)19(21,22)23)13-7-2-3-8-28-16(13)25-26-17(28)14-9-24-10-30-14/h4-6,9-10,13H,2-3,7-8H2,1H3/t13-/m1/s1. The number of halogens is 4. The topological polar surface area (TPSA) is 63.9 Å². The molecule has 1 aliphatic heterocycles. The van der Waals surface area contributed by atoms with E-state index in [1.807, 2.05) is 4.57 Å². The van der Waals surface area contributed by atoms with Crippen LogP contribution in [0.3, 0.4) is 0 Å². The van der Waals surface area contributed by atoms with Gasteiger partial charge in [0.25, 0.3) is 5.91 Å². The highest BCUT2D eigenvalue weighted by Crippen LogP contribution is 2.38. The minimum Gasteiger partial charge on any atom is -0.331 e. The van der Waals surface area contributed by atoms with Crippen LogP contribution in [0, 0.1) is 0 Å². The lowest BCUT2D eigenvalue weighted by atomic mass is 10.1. The first kappa shape index (κ1) is 20.8. The van der Waals surface area contributed by atoms with Gasteiger partial charge in [-0.25, -0.2) is 0 Å². The van der Waals surface area contributed by atoms with Crippen LogP contribution in [0.1, 0.15) is 47.1 Å². The number of fused-ring (bicyclic) bond motifs is 1. The first-order valence-corrected chi connectivity index (χ1v) is 10.5. The fourth-order valence-corrected chi connectivity index (χ4v) is 4.57. The predicted octanol–water partition coefficient (Wildman–Crippen LogP) is 5.07. The largest absolute Gasteiger partial charge is 0.417 e. The SMILES string of the molecule is CN(C(=O)c1cccc(C(F)(F)F)c1Cl)[C@@H]1CCCCn2c(-c3cncs3)nnc21. The molecule has 0 aliphatic carbocycles. The Morgan fingerprint density at radius 1 is 1.30 bits per heavy atom. The van der Waals surface area contributed by atoms with Gasteiger partial charge in [0, 0.05) is 19.8 Å². The van der Waals surface area contributed by atoms with Gasteiger partial charge in [0.05, 0.1) is 32.6 Å². The summed E-state index contributed by atoms with van der Waals surface area (Å²) in [4.78, 5) is 19.5. The van der Waals surface area contributed by atoms with Crippen LogP contribution in [0.25, 0.3) is 10.7 Å². The zero-order chi connectivity index (χ0) is 21.5. The average Bonchev–Trinajstić information content (AvgIpc) is 3.32. The molecule has 158 valence electrons. The second-order valence-electron chi connectivity index (χ2n) is 6.99. The molecule has 6 nitrogen and oxygen atoms in total. The summed E-state index contributed by atoms with van der Waals surface area (Å²) in [5.41, 5.74) is 0.489. The molecule has 0 bridgehead atoms. The first-order chi connectivity index (χ1) is 14.3. The van der Waals surface area contributed by atoms with Crippen molar-refractivity contribution in [3.8, 4) is 10.7 Å². The number of hydrogen-bond acceptors (Lipinski definition) is 5. The molecule has 0 fully saturated rings. The van der Waals surface area contributed by atoms with E-state index in [4.69, 9.17) is 11.6 Å². The molecule has 1 aliphatic rings. The maximum Gasteiger partial charge on any atom is 0.417 e. The fourth-order valence-electron chi connectivity index (χ4n) is 3.64. The maximum atomic E-state index is 13.2. The zero-order valence-corrected chi connectivity index (χ0v) is 17.4. The number of thiazole rings is 1. The monoisotopic (exact) mass is 455 g/mol. The number of carbonyl (C=O) groups is 1. The Balaban J connectivity index is 1.70. The number of benzene rings is 1. The second kappa shape index (κ2) is 7.99. The molecule has 0 N–H and O–H groups in total. The van der Waals surface area contributed by atoms with Gasteiger partial charge in [-0.2, -0.15) is 13.2 Å². The number of carbonyl (C=O) groups excluding carboxylic acids is 1. The lowest BCUT2D eigenvalue weighted by Crippen LogP contribution is -2.33. The van der Waals surface area contributed by atoms with E-state index in [0.717, 1.165) is 23.8 Å². The summed E-state index contributed by atoms with van der Waals surface area (Å²) in [6.07, 6.45) is -0.597. The lowest BCUT2D eigenvalue weighted by Gasteiger charge is -2.27. The number of alkyl halides is 3. The molecule has 1 atom stereocenters. The molecule has 1 amide bonds. The Hall–Kier alpha value is -2.46. The van der Waals surface area contributed by atoms with Crippen molar-refractivity contribution in [2.45, 2.75) is 38.0 Å². The van der Waals surface area contributed by atoms with Crippen molar-refractivity contribution in [2.75, 3.05) is 7.05 Å². The molecule has 4 rings (SSSR count). The summed E-state index contributed by atoms with van der Waals surface area (Å²) in [5, 5.41) is 8.00. The molecular weight excluding hydrogens is 439 g/mol. The highest BCUT2D eigenvalue weighted by molar-refractivity contribution is 7.13. The zero-order valence-electron chi connectivity index (χ0n) is 15.9. The van der Waals surface area contributed by atoms with Crippen LogP contribution in [-0.2, 0) is 12.7 Å². The van der Waals surface area contributed by atoms with Gasteiger partial charge in [0.15, 0.2) is 11.6 Å². The maximum absolute atomic E-state index is 13.2. The van der Waals surface area contributed by atoms with Crippen LogP contribution in [0.2, 0.25) is 5.02 Å². The minimum atomic E-state index is -4.64. The van der Waals surface area contributed by atoms with E-state index >= 15 is 0 Å². The smallest absolute Gasteiger partial charge is 0.331 e. The minimum absolute atomic E-state index is 0.188. The summed E-state index contributed by atoms with van der Waals surface area (Å²) in [7, 11) is 1.56. The Morgan fingerprint density at radius 2 is 2.10 bits per heavy atom. The Kier molecular flexibility index (Phi) is 5.54. The Morgan fingerprint density at radius 3 is 2.80 bits per heavy atom. The first-order valence-electron chi connectivity index (χ1n) is 9.24. The number of nitrogens with zero attached hydrogens (tertiary/aromatic N) is 5. The normalized spacial score (nSPS) is 16.8. The second-order valence-corrected chi connectivity index (χ2v) is 8.26. The van der Waals surface area contributed by atoms with Gasteiger partial charge in [-0.05, 0) is 31.4 Å². The summed E-state index contributed by atoms with van der Waals surface area (Å²) in [6, 6.07) is 2.93. The van der Waals surface area contributed by atoms with Gasteiger partial charge >= 0.3 is 6.18 Å². The Bertz CT molecular complexity index is 1070. The van der Waals surface area contributed by atoms with Crippen LogP contribution in [0.4, 0.5) is 13.2 Å². The van der Waals surface area contributed by atoms with Gasteiger partial charge in [0.1, 0.15) is 0 Å². The third-order valence-corrected chi connectivity index (χ3v) is 6.34. The van der Waals surface area contributed by atoms with E-state index in [1.54, 1.807) is 18.8 Å². The molecule has 0 saturated heterocycles. The van der Waals surface area contributed by atoms with Crippen molar-refractivity contribution >= 4 is 28.8 Å². The fraction of sp³-hybridized carbons (Fsp3) is 0.368. The highest BCUT2D eigenvalue weighted by atomic mass is 35.5. The molecular formula is C19H17ClF3N5OS. The van der Waals surface area contributed by atoms with Gasteiger partial charge in [-0.1, -0.05) is 17.7 Å². The third-order valence-electron chi connectivity index (χ3n) is 5.16. The van der Waals surface area contributed by atoms with Gasteiger partial charge in [-0.3, -0.25) is 9.78 Å². The summed E-state index contributed by atoms with van der Waals surface area (Å²) >= 11 is 7.41. The molecule has 30 heavy (non-hydrogen) atoms. The van der Waals surface area contributed by atoms with Crippen molar-refractivity contribution in [1.29, 1.82) is 0 Å². The van der Waals surface area contributed by atoms with E-state index in [9.17, 15) is 18.0 Å². The van der Waals surface area contributed by atoms with E-state index in [0.29, 0.717) is 24.6 Å². The number of aromatic nitrogens is 4. The van der Waals surface area contributed by atoms with Crippen molar-refractivity contribution in [1.82, 2.24) is 24.6 Å². The van der Waals surface area contributed by atoms with Crippen LogP contribution in [0.15, 0.2) is 29.9 Å². The number of rotatable bonds is 3. The van der Waals surface area contributed by atoms with Crippen molar-refractivity contribution in [3.63, 3.8) is 0 Å². The molecule has 11 heteroatoms. The summed E-state index contributed by atoms with van der Waals surface area (Å²) in [5.74, 6) is 0.694. The average molecular weight is 456 g/mol. The lowest BCUT2D eigenvalue weighted by molar-refractivity contribution is -0.137. The number of hydrogen-bond donors (Lipinski definition) is 0. The van der Waals surface area contributed by atoms with E-state index in [2.05, 4.69) is 15.2 Å². The third kappa shape index (κ3) is 3.69. The predicted molar refractivity (Wildman–Crippen MR) is 106 cm³/mol. The highest BCUT2D eigenvalue weighted by Gasteiger charge is 2.36. The molecule has 1 aromatic carbocycles. The van der Waals surface area contributed by atoms with Gasteiger partial charge in [0.2, 0.25) is 0 Å². The van der Waals surface area contributed by atoms with Crippen molar-refractivity contribution in [3.05, 3.63) is 51.9 Å². The Labute approximate surface area is 179 Å². The van der Waals surface area contributed by atoms with Crippen LogP contribution < -0.4 is 0 Å². The summed E-state index contributed by atoms with van der Waals surface area (Å²) in [6.45, 7) is 0.693. The van der Waals surface area contributed by atoms with Crippen molar-refractivity contribution in [2.24, 2.45) is 0 Å².